The highest BCUT2D eigenvalue weighted by Crippen LogP contribution is 2.33. The summed E-state index contributed by atoms with van der Waals surface area (Å²) < 4.78 is 16.9. The summed E-state index contributed by atoms with van der Waals surface area (Å²) in [6.07, 6.45) is 1.44. The molecule has 1 aliphatic heterocycles. The van der Waals surface area contributed by atoms with Crippen molar-refractivity contribution < 1.29 is 33.7 Å². The van der Waals surface area contributed by atoms with Crippen LogP contribution in [0.5, 0.6) is 11.5 Å². The summed E-state index contributed by atoms with van der Waals surface area (Å²) in [6, 6.07) is 11.4. The summed E-state index contributed by atoms with van der Waals surface area (Å²) in [5, 5.41) is 19.0. The van der Waals surface area contributed by atoms with Gasteiger partial charge in [0.2, 0.25) is 0 Å². The van der Waals surface area contributed by atoms with Gasteiger partial charge in [-0.15, -0.1) is 0 Å². The molecule has 1 heterocycles. The van der Waals surface area contributed by atoms with E-state index in [0.717, 1.165) is 0 Å². The minimum atomic E-state index is -1.07. The van der Waals surface area contributed by atoms with Gasteiger partial charge in [0.05, 0.1) is 28.0 Å². The molecule has 0 bridgehead atoms. The number of benzene rings is 2. The first-order chi connectivity index (χ1) is 18.2. The van der Waals surface area contributed by atoms with E-state index in [2.05, 4.69) is 21.2 Å². The van der Waals surface area contributed by atoms with Crippen LogP contribution in [0.15, 0.2) is 58.8 Å². The maximum absolute atomic E-state index is 12.7. The quantitative estimate of drug-likeness (QED) is 0.0940. The molecule has 0 spiro atoms. The number of aliphatic carboxylic acids is 1. The average Bonchev–Trinajstić information content (AvgIpc) is 2.86. The van der Waals surface area contributed by atoms with Gasteiger partial charge in [-0.25, -0.2) is 15.0 Å². The molecular formula is C25H25IN4O7S. The number of allylic oxidation sites excluding steroid dienone is 1. The number of rotatable bonds is 11. The molecule has 200 valence electrons. The lowest BCUT2D eigenvalue weighted by Crippen LogP contribution is -2.45. The number of para-hydroxylation sites is 1. The Bertz CT molecular complexity index is 1300. The lowest BCUT2D eigenvalue weighted by atomic mass is 9.95. The molecule has 1 aliphatic rings. The summed E-state index contributed by atoms with van der Waals surface area (Å²) in [4.78, 5) is 35.7. The zero-order valence-corrected chi connectivity index (χ0v) is 23.4. The van der Waals surface area contributed by atoms with Crippen LogP contribution in [0, 0.1) is 3.57 Å². The highest BCUT2D eigenvalue weighted by atomic mass is 127. The van der Waals surface area contributed by atoms with Gasteiger partial charge in [-0.3, -0.25) is 4.79 Å². The van der Waals surface area contributed by atoms with Gasteiger partial charge in [0.25, 0.3) is 5.91 Å². The molecule has 1 atom stereocenters. The number of hydrazone groups is 1. The lowest BCUT2D eigenvalue weighted by Gasteiger charge is -2.30. The first-order valence-electron chi connectivity index (χ1n) is 11.3. The monoisotopic (exact) mass is 652 g/mol. The second kappa shape index (κ2) is 13.7. The fourth-order valence-corrected chi connectivity index (χ4v) is 4.43. The summed E-state index contributed by atoms with van der Waals surface area (Å²) in [7, 11) is 0. The standard InChI is InChI=1S/C25H25IN4O7S/c1-3-35-24(34)22-14(2)28-25(38)29-23(22)16-6-4-5-7-18(16)36-12-20(31)30-27-11-15-8-9-19(17(26)10-15)37-13-21(32)33/h4-11,23H,3,12-13H2,1-2H3,(H,30,31)(H,32,33)(H2,28,29,38)/t23-/m1/s1. The van der Waals surface area contributed by atoms with Crippen LogP contribution in [0.25, 0.3) is 0 Å². The van der Waals surface area contributed by atoms with Gasteiger partial charge in [0, 0.05) is 11.3 Å². The van der Waals surface area contributed by atoms with Crippen LogP contribution in [0.1, 0.15) is 31.0 Å². The third-order valence-electron chi connectivity index (χ3n) is 5.06. The molecule has 2 aromatic rings. The van der Waals surface area contributed by atoms with Crippen molar-refractivity contribution >= 4 is 64.0 Å². The van der Waals surface area contributed by atoms with E-state index in [1.165, 1.54) is 6.21 Å². The van der Waals surface area contributed by atoms with Crippen molar-refractivity contribution in [2.75, 3.05) is 19.8 Å². The topological polar surface area (TPSA) is 148 Å². The number of amides is 1. The van der Waals surface area contributed by atoms with Crippen molar-refractivity contribution in [2.24, 2.45) is 5.10 Å². The predicted octanol–water partition coefficient (Wildman–Crippen LogP) is 2.64. The van der Waals surface area contributed by atoms with Gasteiger partial charge in [0.1, 0.15) is 11.5 Å². The number of ether oxygens (including phenoxy) is 3. The van der Waals surface area contributed by atoms with Crippen molar-refractivity contribution in [2.45, 2.75) is 19.9 Å². The van der Waals surface area contributed by atoms with Gasteiger partial charge >= 0.3 is 11.9 Å². The first-order valence-corrected chi connectivity index (χ1v) is 12.8. The molecule has 0 aliphatic carbocycles. The molecule has 0 unspecified atom stereocenters. The van der Waals surface area contributed by atoms with Gasteiger partial charge < -0.3 is 30.0 Å². The van der Waals surface area contributed by atoms with E-state index in [9.17, 15) is 14.4 Å². The van der Waals surface area contributed by atoms with E-state index in [4.69, 9.17) is 31.5 Å². The fourth-order valence-electron chi connectivity index (χ4n) is 3.47. The number of esters is 1. The SMILES string of the molecule is CCOC(=O)C1=C(C)NC(=S)N[C@@H]1c1ccccc1OCC(=O)NN=Cc1ccc(OCC(=O)O)c(I)c1. The van der Waals surface area contributed by atoms with E-state index >= 15 is 0 Å². The van der Waals surface area contributed by atoms with Crippen molar-refractivity contribution in [3.05, 3.63) is 68.4 Å². The van der Waals surface area contributed by atoms with Crippen molar-refractivity contribution in [3.8, 4) is 11.5 Å². The normalized spacial score (nSPS) is 14.9. The number of carbonyl (C=O) groups excluding carboxylic acids is 2. The minimum absolute atomic E-state index is 0.216. The second-order valence-electron chi connectivity index (χ2n) is 7.78. The fraction of sp³-hybridized carbons (Fsp3) is 0.240. The number of carbonyl (C=O) groups is 3. The van der Waals surface area contributed by atoms with E-state index in [0.29, 0.717) is 42.6 Å². The molecule has 3 rings (SSSR count). The molecule has 4 N–H and O–H groups in total. The van der Waals surface area contributed by atoms with Crippen LogP contribution >= 0.6 is 34.8 Å². The molecule has 11 nitrogen and oxygen atoms in total. The van der Waals surface area contributed by atoms with Gasteiger partial charge in [-0.05, 0) is 78.5 Å². The molecule has 1 amide bonds. The van der Waals surface area contributed by atoms with Crippen molar-refractivity contribution in [1.82, 2.24) is 16.1 Å². The van der Waals surface area contributed by atoms with Crippen LogP contribution in [0.2, 0.25) is 0 Å². The smallest absolute Gasteiger partial charge is 0.341 e. The van der Waals surface area contributed by atoms with E-state index in [-0.39, 0.29) is 13.2 Å². The maximum atomic E-state index is 12.7. The number of nitrogens with one attached hydrogen (secondary N) is 3. The third-order valence-corrected chi connectivity index (χ3v) is 6.13. The molecule has 13 heteroatoms. The third kappa shape index (κ3) is 7.89. The Morgan fingerprint density at radius 3 is 2.61 bits per heavy atom. The molecule has 38 heavy (non-hydrogen) atoms. The van der Waals surface area contributed by atoms with Crippen LogP contribution in [0.3, 0.4) is 0 Å². The number of nitrogens with zero attached hydrogens (tertiary/aromatic N) is 1. The summed E-state index contributed by atoms with van der Waals surface area (Å²) >= 11 is 7.29. The Labute approximate surface area is 237 Å². The number of thiocarbonyl (C=S) groups is 1. The average molecular weight is 652 g/mol. The summed E-state index contributed by atoms with van der Waals surface area (Å²) in [5.41, 5.74) is 4.60. The van der Waals surface area contributed by atoms with Gasteiger partial charge in [-0.1, -0.05) is 18.2 Å². The number of carboxylic acid groups (broad SMARTS) is 1. The summed E-state index contributed by atoms with van der Waals surface area (Å²) in [5.74, 6) is -1.24. The van der Waals surface area contributed by atoms with Crippen molar-refractivity contribution in [3.63, 3.8) is 0 Å². The predicted molar refractivity (Wildman–Crippen MR) is 151 cm³/mol. The van der Waals surface area contributed by atoms with Crippen LogP contribution in [-0.4, -0.2) is 54.1 Å². The Balaban J connectivity index is 1.65. The molecule has 0 radical (unpaired) electrons. The molecular weight excluding hydrogens is 627 g/mol. The Hall–Kier alpha value is -3.72. The molecule has 0 aromatic heterocycles. The highest BCUT2D eigenvalue weighted by molar-refractivity contribution is 14.1. The molecule has 2 aromatic carbocycles. The van der Waals surface area contributed by atoms with E-state index < -0.39 is 30.5 Å². The number of carboxylic acids is 1. The van der Waals surface area contributed by atoms with Gasteiger partial charge in [-0.2, -0.15) is 5.10 Å². The largest absolute Gasteiger partial charge is 0.483 e. The Morgan fingerprint density at radius 2 is 1.89 bits per heavy atom. The summed E-state index contributed by atoms with van der Waals surface area (Å²) in [6.45, 7) is 2.90. The second-order valence-corrected chi connectivity index (χ2v) is 9.35. The Kier molecular flexibility index (Phi) is 10.4. The molecule has 0 saturated carbocycles. The van der Waals surface area contributed by atoms with E-state index in [1.807, 2.05) is 22.6 Å². The van der Waals surface area contributed by atoms with Crippen LogP contribution < -0.4 is 25.5 Å². The van der Waals surface area contributed by atoms with Crippen LogP contribution in [-0.2, 0) is 19.1 Å². The maximum Gasteiger partial charge on any atom is 0.341 e. The Morgan fingerprint density at radius 1 is 1.16 bits per heavy atom. The number of hydrogen-bond acceptors (Lipinski definition) is 8. The van der Waals surface area contributed by atoms with Crippen molar-refractivity contribution in [1.29, 1.82) is 0 Å². The number of hydrogen-bond donors (Lipinski definition) is 4. The van der Waals surface area contributed by atoms with Crippen LogP contribution in [0.4, 0.5) is 0 Å². The first kappa shape index (κ1) is 28.8. The molecule has 0 saturated heterocycles. The minimum Gasteiger partial charge on any atom is -0.483 e. The lowest BCUT2D eigenvalue weighted by molar-refractivity contribution is -0.140. The highest BCUT2D eigenvalue weighted by Gasteiger charge is 2.32. The van der Waals surface area contributed by atoms with Gasteiger partial charge in [0.15, 0.2) is 18.3 Å². The zero-order valence-electron chi connectivity index (χ0n) is 20.4. The number of halogens is 1. The van der Waals surface area contributed by atoms with E-state index in [1.54, 1.807) is 56.3 Å². The zero-order chi connectivity index (χ0) is 27.7. The molecule has 0 fully saturated rings.